The Morgan fingerprint density at radius 2 is 1.67 bits per heavy atom. The lowest BCUT2D eigenvalue weighted by atomic mass is 10.2. The van der Waals surface area contributed by atoms with Gasteiger partial charge < -0.3 is 19.3 Å². The van der Waals surface area contributed by atoms with Gasteiger partial charge in [-0.15, -0.1) is 0 Å². The number of hydrogen-bond donors (Lipinski definition) is 1. The van der Waals surface area contributed by atoms with Crippen LogP contribution in [0, 0.1) is 0 Å². The lowest BCUT2D eigenvalue weighted by molar-refractivity contribution is -0.0383. The smallest absolute Gasteiger partial charge is 0.373 e. The summed E-state index contributed by atoms with van der Waals surface area (Å²) in [4.78, 5) is 19.7. The van der Waals surface area contributed by atoms with Crippen LogP contribution in [0.25, 0.3) is 5.78 Å². The highest BCUT2D eigenvalue weighted by atomic mass is 28.4. The van der Waals surface area contributed by atoms with E-state index in [2.05, 4.69) is 77.7 Å². The molecule has 11 heteroatoms. The molecule has 0 amide bonds. The number of ether oxygens (including phenoxy) is 1. The topological polar surface area (TPSA) is 106 Å². The quantitative estimate of drug-likeness (QED) is 0.599. The van der Waals surface area contributed by atoms with Gasteiger partial charge in [-0.3, -0.25) is 8.97 Å². The molecule has 0 aliphatic carbocycles. The zero-order valence-corrected chi connectivity index (χ0v) is 23.8. The van der Waals surface area contributed by atoms with E-state index >= 15 is 0 Å². The first-order valence-electron chi connectivity index (χ1n) is 11.6. The number of anilines is 1. The Bertz CT molecular complexity index is 1050. The van der Waals surface area contributed by atoms with E-state index in [9.17, 15) is 4.79 Å². The molecule has 9 nitrogen and oxygen atoms in total. The van der Waals surface area contributed by atoms with Crippen LogP contribution in [0.2, 0.25) is 36.3 Å². The summed E-state index contributed by atoms with van der Waals surface area (Å²) in [5.41, 5.74) is 5.30. The molecule has 1 aliphatic heterocycles. The van der Waals surface area contributed by atoms with Gasteiger partial charge in [-0.25, -0.2) is 4.79 Å². The Morgan fingerprint density at radius 3 is 2.24 bits per heavy atom. The van der Waals surface area contributed by atoms with Crippen LogP contribution in [0.5, 0.6) is 0 Å². The minimum absolute atomic E-state index is 0.0745. The molecule has 1 unspecified atom stereocenters. The highest BCUT2D eigenvalue weighted by Crippen LogP contribution is 2.42. The molecular weight excluding hydrogens is 454 g/mol. The number of nitrogens with zero attached hydrogens (tertiary/aromatic N) is 4. The summed E-state index contributed by atoms with van der Waals surface area (Å²) in [5, 5.41) is 0.179. The molecular formula is C22H41N5O4Si2. The molecule has 3 heterocycles. The largest absolute Gasteiger partial charge is 0.414 e. The number of hydrogen-bond acceptors (Lipinski definition) is 7. The first-order valence-corrected chi connectivity index (χ1v) is 17.4. The summed E-state index contributed by atoms with van der Waals surface area (Å²) >= 11 is 0. The Morgan fingerprint density at radius 1 is 1.06 bits per heavy atom. The first kappa shape index (κ1) is 26.1. The van der Waals surface area contributed by atoms with E-state index in [1.807, 2.05) is 10.8 Å². The standard InChI is InChI=1S/C22H41N5O4Si2/c1-21(2,3)32(7,8)29-14-16-15(31-33(9,10)22(4,5)6)13-17(30-16)26-11-12-27-18(23)24-19(28)25-20(26)27/h11-12,15-17H,13-14H2,1-10H3,(H2,23,24,28)/t15?,16-,17-/m1/s1. The van der Waals surface area contributed by atoms with Gasteiger partial charge in [-0.2, -0.15) is 9.97 Å². The maximum atomic E-state index is 11.9. The van der Waals surface area contributed by atoms with Crippen molar-refractivity contribution in [3.8, 4) is 0 Å². The number of aromatic nitrogens is 4. The van der Waals surface area contributed by atoms with Gasteiger partial charge in [0.25, 0.3) is 0 Å². The molecule has 0 radical (unpaired) electrons. The molecule has 2 N–H and O–H groups in total. The van der Waals surface area contributed by atoms with Crippen molar-refractivity contribution < 1.29 is 13.6 Å². The van der Waals surface area contributed by atoms with Gasteiger partial charge in [0, 0.05) is 18.8 Å². The van der Waals surface area contributed by atoms with Crippen molar-refractivity contribution in [1.29, 1.82) is 0 Å². The van der Waals surface area contributed by atoms with Crippen LogP contribution < -0.4 is 11.4 Å². The summed E-state index contributed by atoms with van der Waals surface area (Å²) in [6.07, 6.45) is 3.54. The SMILES string of the molecule is CC(C)(C)[Si](C)(C)OC[C@H]1O[C@@H](n2ccn3c(N)nc(=O)nc23)CC1O[Si](C)(C)C(C)(C)C. The monoisotopic (exact) mass is 495 g/mol. The third-order valence-corrected chi connectivity index (χ3v) is 16.6. The predicted octanol–water partition coefficient (Wildman–Crippen LogP) is 4.17. The molecule has 3 atom stereocenters. The second kappa shape index (κ2) is 8.60. The van der Waals surface area contributed by atoms with E-state index in [4.69, 9.17) is 19.3 Å². The minimum atomic E-state index is -2.04. The average Bonchev–Trinajstić information content (AvgIpc) is 3.21. The van der Waals surface area contributed by atoms with Gasteiger partial charge in [0.1, 0.15) is 12.3 Å². The van der Waals surface area contributed by atoms with E-state index in [-0.39, 0.29) is 34.5 Å². The summed E-state index contributed by atoms with van der Waals surface area (Å²) in [5.74, 6) is 0.517. The van der Waals surface area contributed by atoms with Crippen LogP contribution in [0.1, 0.15) is 54.2 Å². The Kier molecular flexibility index (Phi) is 6.79. The molecule has 33 heavy (non-hydrogen) atoms. The molecule has 0 aromatic carbocycles. The molecule has 3 rings (SSSR count). The van der Waals surface area contributed by atoms with Gasteiger partial charge in [0.05, 0.1) is 12.7 Å². The van der Waals surface area contributed by atoms with Crippen LogP contribution in [0.4, 0.5) is 5.95 Å². The number of nitrogens with two attached hydrogens (primary N) is 1. The molecule has 1 saturated heterocycles. The average molecular weight is 496 g/mol. The molecule has 1 aliphatic rings. The fourth-order valence-electron chi connectivity index (χ4n) is 3.38. The summed E-state index contributed by atoms with van der Waals surface area (Å²) in [7, 11) is -4.00. The van der Waals surface area contributed by atoms with Gasteiger partial charge in [-0.1, -0.05) is 41.5 Å². The predicted molar refractivity (Wildman–Crippen MR) is 135 cm³/mol. The fraction of sp³-hybridized carbons (Fsp3) is 0.773. The number of rotatable bonds is 6. The Labute approximate surface area is 198 Å². The van der Waals surface area contributed by atoms with Crippen LogP contribution >= 0.6 is 0 Å². The minimum Gasteiger partial charge on any atom is -0.414 e. The molecule has 2 aromatic rings. The number of imidazole rings is 1. The maximum absolute atomic E-state index is 11.9. The van der Waals surface area contributed by atoms with Crippen LogP contribution in [-0.4, -0.2) is 54.4 Å². The van der Waals surface area contributed by atoms with E-state index in [1.165, 1.54) is 0 Å². The number of fused-ring (bicyclic) bond motifs is 1. The third kappa shape index (κ3) is 5.27. The van der Waals surface area contributed by atoms with E-state index < -0.39 is 22.3 Å². The number of nitrogen functional groups attached to an aromatic ring is 1. The van der Waals surface area contributed by atoms with Gasteiger partial charge in [0.2, 0.25) is 11.7 Å². The maximum Gasteiger partial charge on any atom is 0.373 e. The normalized spacial score (nSPS) is 22.9. The van der Waals surface area contributed by atoms with Crippen molar-refractivity contribution in [3.05, 3.63) is 22.9 Å². The summed E-state index contributed by atoms with van der Waals surface area (Å²) < 4.78 is 23.3. The van der Waals surface area contributed by atoms with E-state index in [1.54, 1.807) is 10.6 Å². The first-order chi connectivity index (χ1) is 14.9. The summed E-state index contributed by atoms with van der Waals surface area (Å²) in [6.45, 7) is 22.9. The Hall–Kier alpha value is -1.54. The molecule has 0 spiro atoms. The highest BCUT2D eigenvalue weighted by Gasteiger charge is 2.46. The van der Waals surface area contributed by atoms with Crippen molar-refractivity contribution >= 4 is 28.4 Å². The zero-order chi connectivity index (χ0) is 25.0. The lowest BCUT2D eigenvalue weighted by Crippen LogP contribution is -2.48. The highest BCUT2D eigenvalue weighted by molar-refractivity contribution is 6.74. The fourth-order valence-corrected chi connectivity index (χ4v) is 5.75. The van der Waals surface area contributed by atoms with Crippen LogP contribution in [-0.2, 0) is 13.6 Å². The second-order valence-corrected chi connectivity index (χ2v) is 21.7. The van der Waals surface area contributed by atoms with Gasteiger partial charge in [0.15, 0.2) is 16.6 Å². The van der Waals surface area contributed by atoms with Gasteiger partial charge >= 0.3 is 5.69 Å². The lowest BCUT2D eigenvalue weighted by Gasteiger charge is -2.40. The molecule has 186 valence electrons. The van der Waals surface area contributed by atoms with Crippen molar-refractivity contribution in [1.82, 2.24) is 18.9 Å². The van der Waals surface area contributed by atoms with Gasteiger partial charge in [-0.05, 0) is 36.3 Å². The van der Waals surface area contributed by atoms with Crippen molar-refractivity contribution in [2.45, 2.75) is 103 Å². The molecule has 0 saturated carbocycles. The zero-order valence-electron chi connectivity index (χ0n) is 21.8. The molecule has 2 aromatic heterocycles. The van der Waals surface area contributed by atoms with Crippen LogP contribution in [0.15, 0.2) is 17.2 Å². The third-order valence-electron chi connectivity index (χ3n) is 7.63. The Balaban J connectivity index is 1.91. The van der Waals surface area contributed by atoms with E-state index in [0.717, 1.165) is 0 Å². The molecule has 1 fully saturated rings. The van der Waals surface area contributed by atoms with Crippen molar-refractivity contribution in [2.24, 2.45) is 0 Å². The van der Waals surface area contributed by atoms with Crippen molar-refractivity contribution in [3.63, 3.8) is 0 Å². The summed E-state index contributed by atoms with van der Waals surface area (Å²) in [6, 6.07) is 0. The van der Waals surface area contributed by atoms with Crippen molar-refractivity contribution in [2.75, 3.05) is 12.3 Å². The molecule has 0 bridgehead atoms. The van der Waals surface area contributed by atoms with E-state index in [0.29, 0.717) is 18.8 Å². The second-order valence-electron chi connectivity index (χ2n) is 12.1. The van der Waals surface area contributed by atoms with Crippen LogP contribution in [0.3, 0.4) is 0 Å².